The van der Waals surface area contributed by atoms with E-state index in [4.69, 9.17) is 5.73 Å². The fourth-order valence-electron chi connectivity index (χ4n) is 2.06. The normalized spacial score (nSPS) is 12.7. The van der Waals surface area contributed by atoms with Gasteiger partial charge in [0.2, 0.25) is 5.91 Å². The number of benzene rings is 1. The Morgan fingerprint density at radius 3 is 2.74 bits per heavy atom. The molecule has 1 aromatic carbocycles. The second-order valence-electron chi connectivity index (χ2n) is 5.41. The van der Waals surface area contributed by atoms with Crippen LogP contribution in [0.4, 0.5) is 0 Å². The highest BCUT2D eigenvalue weighted by atomic mass is 16.1. The van der Waals surface area contributed by atoms with E-state index >= 15 is 0 Å². The zero-order valence-electron chi connectivity index (χ0n) is 14.3. The second-order valence-corrected chi connectivity index (χ2v) is 5.41. The molecule has 23 heavy (non-hydrogen) atoms. The molecule has 0 unspecified atom stereocenters. The number of carbonyl (C=O) groups excluding carboxylic acids is 1. The smallest absolute Gasteiger partial charge is 0.217 e. The third-order valence-corrected chi connectivity index (χ3v) is 3.54. The first-order valence-electron chi connectivity index (χ1n) is 7.90. The van der Waals surface area contributed by atoms with Crippen molar-refractivity contribution in [1.29, 1.82) is 0 Å². The Bertz CT molecular complexity index is 637. The average molecular weight is 310 g/mol. The standard InChI is InChI=1S/C20H26N2O/c1-4-7-18(13-15-22-14-6-10-20(21)23)11-12-19-9-5-8-16(2)17(19)3/h4-5,7-9,11-13,15H,6,10,14H2,1-3H3,(H2,21,23)/b7-4-,12-11+,18-13+,22-15+. The summed E-state index contributed by atoms with van der Waals surface area (Å²) in [6.07, 6.45) is 13.1. The topological polar surface area (TPSA) is 55.4 Å². The van der Waals surface area contributed by atoms with Crippen LogP contribution in [-0.2, 0) is 4.79 Å². The van der Waals surface area contributed by atoms with Crippen LogP contribution in [0, 0.1) is 13.8 Å². The van der Waals surface area contributed by atoms with E-state index < -0.39 is 0 Å². The van der Waals surface area contributed by atoms with Gasteiger partial charge in [0.15, 0.2) is 0 Å². The molecular weight excluding hydrogens is 284 g/mol. The summed E-state index contributed by atoms with van der Waals surface area (Å²) < 4.78 is 0. The van der Waals surface area contributed by atoms with Crippen LogP contribution in [-0.4, -0.2) is 18.7 Å². The molecule has 0 aromatic heterocycles. The largest absolute Gasteiger partial charge is 0.370 e. The average Bonchev–Trinajstić information content (AvgIpc) is 2.51. The molecule has 1 rings (SSSR count). The number of rotatable bonds is 8. The van der Waals surface area contributed by atoms with Gasteiger partial charge in [-0.2, -0.15) is 0 Å². The third kappa shape index (κ3) is 7.41. The zero-order valence-corrected chi connectivity index (χ0v) is 14.3. The highest BCUT2D eigenvalue weighted by molar-refractivity contribution is 5.75. The van der Waals surface area contributed by atoms with Crippen LogP contribution in [0.3, 0.4) is 0 Å². The molecule has 0 aliphatic rings. The van der Waals surface area contributed by atoms with Crippen molar-refractivity contribution in [3.05, 3.63) is 64.8 Å². The maximum atomic E-state index is 10.6. The Morgan fingerprint density at radius 1 is 1.26 bits per heavy atom. The molecule has 0 aliphatic carbocycles. The summed E-state index contributed by atoms with van der Waals surface area (Å²) in [6, 6.07) is 6.30. The first-order valence-corrected chi connectivity index (χ1v) is 7.90. The van der Waals surface area contributed by atoms with E-state index in [0.29, 0.717) is 19.4 Å². The van der Waals surface area contributed by atoms with Gasteiger partial charge in [-0.05, 0) is 55.5 Å². The Labute approximate surface area is 139 Å². The summed E-state index contributed by atoms with van der Waals surface area (Å²) in [5, 5.41) is 0. The number of allylic oxidation sites excluding steroid dienone is 5. The number of hydrogen-bond acceptors (Lipinski definition) is 2. The molecule has 0 atom stereocenters. The van der Waals surface area contributed by atoms with Crippen LogP contribution in [0.1, 0.15) is 36.5 Å². The van der Waals surface area contributed by atoms with Crippen LogP contribution in [0.25, 0.3) is 6.08 Å². The van der Waals surface area contributed by atoms with Crippen molar-refractivity contribution < 1.29 is 4.79 Å². The zero-order chi connectivity index (χ0) is 17.1. The van der Waals surface area contributed by atoms with Gasteiger partial charge in [-0.3, -0.25) is 9.79 Å². The van der Waals surface area contributed by atoms with E-state index in [1.54, 1.807) is 6.21 Å². The fraction of sp³-hybridized carbons (Fsp3) is 0.300. The fourth-order valence-corrected chi connectivity index (χ4v) is 2.06. The first-order chi connectivity index (χ1) is 11.0. The molecule has 0 bridgehead atoms. The Kier molecular flexibility index (Phi) is 8.37. The Balaban J connectivity index is 2.72. The van der Waals surface area contributed by atoms with Crippen LogP contribution < -0.4 is 5.73 Å². The third-order valence-electron chi connectivity index (χ3n) is 3.54. The molecule has 0 saturated heterocycles. The van der Waals surface area contributed by atoms with Crippen molar-refractivity contribution in [3.63, 3.8) is 0 Å². The maximum Gasteiger partial charge on any atom is 0.217 e. The lowest BCUT2D eigenvalue weighted by Crippen LogP contribution is -2.10. The summed E-state index contributed by atoms with van der Waals surface area (Å²) in [7, 11) is 0. The van der Waals surface area contributed by atoms with Gasteiger partial charge in [0.25, 0.3) is 0 Å². The van der Waals surface area contributed by atoms with E-state index in [1.165, 1.54) is 16.7 Å². The van der Waals surface area contributed by atoms with Crippen LogP contribution in [0.2, 0.25) is 0 Å². The van der Waals surface area contributed by atoms with Crippen molar-refractivity contribution in [3.8, 4) is 0 Å². The van der Waals surface area contributed by atoms with E-state index in [-0.39, 0.29) is 5.91 Å². The van der Waals surface area contributed by atoms with Crippen molar-refractivity contribution in [2.75, 3.05) is 6.54 Å². The summed E-state index contributed by atoms with van der Waals surface area (Å²) in [5.74, 6) is -0.276. The predicted molar refractivity (Wildman–Crippen MR) is 99.6 cm³/mol. The number of primary amides is 1. The van der Waals surface area contributed by atoms with Gasteiger partial charge >= 0.3 is 0 Å². The number of amides is 1. The lowest BCUT2D eigenvalue weighted by atomic mass is 10.0. The van der Waals surface area contributed by atoms with Crippen LogP contribution in [0.5, 0.6) is 0 Å². The van der Waals surface area contributed by atoms with Gasteiger partial charge in [-0.25, -0.2) is 0 Å². The van der Waals surface area contributed by atoms with Crippen LogP contribution in [0.15, 0.2) is 53.1 Å². The molecule has 0 aliphatic heterocycles. The van der Waals surface area contributed by atoms with Gasteiger partial charge in [0, 0.05) is 19.2 Å². The summed E-state index contributed by atoms with van der Waals surface area (Å²) in [5.41, 5.74) is 9.98. The molecule has 122 valence electrons. The molecule has 3 heteroatoms. The van der Waals surface area contributed by atoms with Gasteiger partial charge in [-0.15, -0.1) is 0 Å². The number of aryl methyl sites for hydroxylation is 1. The van der Waals surface area contributed by atoms with E-state index in [1.807, 2.05) is 25.2 Å². The minimum Gasteiger partial charge on any atom is -0.370 e. The SMILES string of the molecule is C\C=C/C(/C=C/c1cccc(C)c1C)=C\C=N\CCCC(N)=O. The van der Waals surface area contributed by atoms with Crippen molar-refractivity contribution in [2.24, 2.45) is 10.7 Å². The molecule has 1 amide bonds. The molecule has 0 spiro atoms. The van der Waals surface area contributed by atoms with E-state index in [0.717, 1.165) is 5.57 Å². The second kappa shape index (κ2) is 10.3. The van der Waals surface area contributed by atoms with Crippen molar-refractivity contribution >= 4 is 18.2 Å². The summed E-state index contributed by atoms with van der Waals surface area (Å²) >= 11 is 0. The molecule has 0 heterocycles. The lowest BCUT2D eigenvalue weighted by Gasteiger charge is -2.03. The van der Waals surface area contributed by atoms with E-state index in [2.05, 4.69) is 49.2 Å². The molecule has 1 aromatic rings. The predicted octanol–water partition coefficient (Wildman–Crippen LogP) is 4.16. The molecule has 3 nitrogen and oxygen atoms in total. The number of hydrogen-bond donors (Lipinski definition) is 1. The number of nitrogens with two attached hydrogens (primary N) is 1. The maximum absolute atomic E-state index is 10.6. The van der Waals surface area contributed by atoms with Gasteiger partial charge in [0.05, 0.1) is 0 Å². The number of aliphatic imine (C=N–C) groups is 1. The number of carbonyl (C=O) groups is 1. The molecule has 0 radical (unpaired) electrons. The highest BCUT2D eigenvalue weighted by Gasteiger charge is 1.96. The number of nitrogens with zero attached hydrogens (tertiary/aromatic N) is 1. The lowest BCUT2D eigenvalue weighted by molar-refractivity contribution is -0.118. The highest BCUT2D eigenvalue weighted by Crippen LogP contribution is 2.15. The molecule has 0 saturated carbocycles. The Hall–Kier alpha value is -2.42. The molecule has 0 fully saturated rings. The monoisotopic (exact) mass is 310 g/mol. The van der Waals surface area contributed by atoms with Gasteiger partial charge in [0.1, 0.15) is 0 Å². The van der Waals surface area contributed by atoms with Gasteiger partial charge < -0.3 is 5.73 Å². The first kappa shape index (κ1) is 18.6. The summed E-state index contributed by atoms with van der Waals surface area (Å²) in [4.78, 5) is 14.9. The van der Waals surface area contributed by atoms with Crippen LogP contribution >= 0.6 is 0 Å². The minimum atomic E-state index is -0.276. The molecule has 2 N–H and O–H groups in total. The molecular formula is C20H26N2O. The van der Waals surface area contributed by atoms with E-state index in [9.17, 15) is 4.79 Å². The quantitative estimate of drug-likeness (QED) is 0.437. The Morgan fingerprint density at radius 2 is 2.04 bits per heavy atom. The minimum absolute atomic E-state index is 0.276. The summed E-state index contributed by atoms with van der Waals surface area (Å²) in [6.45, 7) is 6.86. The van der Waals surface area contributed by atoms with Crippen molar-refractivity contribution in [2.45, 2.75) is 33.6 Å². The van der Waals surface area contributed by atoms with Crippen molar-refractivity contribution in [1.82, 2.24) is 0 Å². The van der Waals surface area contributed by atoms with Gasteiger partial charge in [-0.1, -0.05) is 42.5 Å².